The maximum atomic E-state index is 9.13. The first-order chi connectivity index (χ1) is 9.76. The summed E-state index contributed by atoms with van der Waals surface area (Å²) in [5.41, 5.74) is 1.03. The first-order valence-electron chi connectivity index (χ1n) is 8.03. The lowest BCUT2D eigenvalue weighted by molar-refractivity contribution is -0.000404. The van der Waals surface area contributed by atoms with Crippen LogP contribution >= 0.6 is 0 Å². The van der Waals surface area contributed by atoms with Crippen molar-refractivity contribution >= 4 is 0 Å². The highest BCUT2D eigenvalue weighted by Crippen LogP contribution is 2.26. The van der Waals surface area contributed by atoms with Gasteiger partial charge in [-0.25, -0.2) is 0 Å². The summed E-state index contributed by atoms with van der Waals surface area (Å²) in [7, 11) is 0. The summed E-state index contributed by atoms with van der Waals surface area (Å²) in [4.78, 5) is 0. The molecule has 1 aromatic heterocycles. The summed E-state index contributed by atoms with van der Waals surface area (Å²) in [6.45, 7) is 5.34. The monoisotopic (exact) mass is 280 g/mol. The summed E-state index contributed by atoms with van der Waals surface area (Å²) in [6.07, 6.45) is 8.95. The molecule has 1 aromatic rings. The van der Waals surface area contributed by atoms with Crippen molar-refractivity contribution < 1.29 is 9.84 Å². The van der Waals surface area contributed by atoms with Crippen molar-refractivity contribution in [3.63, 3.8) is 0 Å². The van der Waals surface area contributed by atoms with Crippen LogP contribution in [0.3, 0.4) is 0 Å². The van der Waals surface area contributed by atoms with Crippen molar-refractivity contribution in [2.24, 2.45) is 5.92 Å². The molecular weight excluding hydrogens is 252 g/mol. The minimum absolute atomic E-state index is 0.326. The summed E-state index contributed by atoms with van der Waals surface area (Å²) in [6, 6.07) is 2.57. The van der Waals surface area contributed by atoms with E-state index in [-0.39, 0.29) is 0 Å². The van der Waals surface area contributed by atoms with Gasteiger partial charge in [0, 0.05) is 12.8 Å². The SMILES string of the molecule is CCC(CC)n1ccc(COC2CCC(CO)CC2)n1. The van der Waals surface area contributed by atoms with E-state index in [1.807, 2.05) is 0 Å². The highest BCUT2D eigenvalue weighted by molar-refractivity contribution is 4.98. The number of aliphatic hydroxyl groups is 1. The van der Waals surface area contributed by atoms with Crippen LogP contribution in [0.1, 0.15) is 64.1 Å². The Hall–Kier alpha value is -0.870. The van der Waals surface area contributed by atoms with Crippen LogP contribution in [0, 0.1) is 5.92 Å². The molecule has 0 radical (unpaired) electrons. The second-order valence-electron chi connectivity index (χ2n) is 5.89. The zero-order chi connectivity index (χ0) is 14.4. The van der Waals surface area contributed by atoms with Gasteiger partial charge < -0.3 is 9.84 Å². The molecule has 1 aliphatic carbocycles. The summed E-state index contributed by atoms with van der Waals surface area (Å²) < 4.78 is 8.04. The molecule has 0 atom stereocenters. The van der Waals surface area contributed by atoms with Crippen molar-refractivity contribution in [1.29, 1.82) is 0 Å². The van der Waals surface area contributed by atoms with Crippen molar-refractivity contribution in [2.45, 2.75) is 71.1 Å². The van der Waals surface area contributed by atoms with Crippen LogP contribution in [0.25, 0.3) is 0 Å². The number of rotatable bonds is 7. The minimum Gasteiger partial charge on any atom is -0.396 e. The Morgan fingerprint density at radius 1 is 1.30 bits per heavy atom. The summed E-state index contributed by atoms with van der Waals surface area (Å²) >= 11 is 0. The summed E-state index contributed by atoms with van der Waals surface area (Å²) in [5.74, 6) is 0.490. The molecule has 0 unspecified atom stereocenters. The van der Waals surface area contributed by atoms with E-state index >= 15 is 0 Å². The molecule has 1 aliphatic rings. The van der Waals surface area contributed by atoms with Gasteiger partial charge in [-0.1, -0.05) is 13.8 Å². The third-order valence-corrected chi connectivity index (χ3v) is 4.50. The molecule has 2 rings (SSSR count). The van der Waals surface area contributed by atoms with E-state index in [0.29, 0.717) is 31.3 Å². The van der Waals surface area contributed by atoms with Crippen LogP contribution in [0.2, 0.25) is 0 Å². The van der Waals surface area contributed by atoms with Crippen LogP contribution < -0.4 is 0 Å². The van der Waals surface area contributed by atoms with Gasteiger partial charge in [0.05, 0.1) is 24.4 Å². The smallest absolute Gasteiger partial charge is 0.0910 e. The predicted octanol–water partition coefficient (Wildman–Crippen LogP) is 3.31. The van der Waals surface area contributed by atoms with E-state index in [9.17, 15) is 0 Å². The lowest BCUT2D eigenvalue weighted by Crippen LogP contribution is -2.23. The predicted molar refractivity (Wildman–Crippen MR) is 79.5 cm³/mol. The molecule has 0 saturated heterocycles. The Kier molecular flexibility index (Phi) is 6.05. The fourth-order valence-corrected chi connectivity index (χ4v) is 3.00. The molecule has 4 nitrogen and oxygen atoms in total. The lowest BCUT2D eigenvalue weighted by Gasteiger charge is -2.27. The summed E-state index contributed by atoms with van der Waals surface area (Å²) in [5, 5.41) is 13.8. The Balaban J connectivity index is 1.77. The van der Waals surface area contributed by atoms with Crippen LogP contribution in [0.4, 0.5) is 0 Å². The van der Waals surface area contributed by atoms with Gasteiger partial charge in [0.25, 0.3) is 0 Å². The highest BCUT2D eigenvalue weighted by atomic mass is 16.5. The van der Waals surface area contributed by atoms with Gasteiger partial charge in [-0.3, -0.25) is 4.68 Å². The van der Waals surface area contributed by atoms with Gasteiger partial charge in [0.1, 0.15) is 0 Å². The van der Waals surface area contributed by atoms with E-state index in [0.717, 1.165) is 44.2 Å². The second kappa shape index (κ2) is 7.79. The lowest BCUT2D eigenvalue weighted by atomic mass is 9.88. The standard InChI is InChI=1S/C16H28N2O2/c1-3-15(4-2)18-10-9-14(17-18)12-20-16-7-5-13(11-19)6-8-16/h9-10,13,15-16,19H,3-8,11-12H2,1-2H3. The number of ether oxygens (including phenoxy) is 1. The number of nitrogens with zero attached hydrogens (tertiary/aromatic N) is 2. The number of aliphatic hydroxyl groups excluding tert-OH is 1. The Bertz CT molecular complexity index is 380. The van der Waals surface area contributed by atoms with Gasteiger partial charge in [-0.05, 0) is 50.5 Å². The molecule has 0 spiro atoms. The maximum Gasteiger partial charge on any atom is 0.0910 e. The first kappa shape index (κ1) is 15.5. The average molecular weight is 280 g/mol. The zero-order valence-corrected chi connectivity index (χ0v) is 12.8. The van der Waals surface area contributed by atoms with E-state index in [1.165, 1.54) is 0 Å². The van der Waals surface area contributed by atoms with Crippen molar-refractivity contribution in [2.75, 3.05) is 6.61 Å². The second-order valence-corrected chi connectivity index (χ2v) is 5.89. The third kappa shape index (κ3) is 4.06. The molecular formula is C16H28N2O2. The molecule has 0 amide bonds. The number of hydrogen-bond donors (Lipinski definition) is 1. The molecule has 4 heteroatoms. The minimum atomic E-state index is 0.326. The average Bonchev–Trinajstić information content (AvgIpc) is 2.96. The molecule has 0 aliphatic heterocycles. The van der Waals surface area contributed by atoms with Crippen molar-refractivity contribution in [1.82, 2.24) is 9.78 Å². The molecule has 1 N–H and O–H groups in total. The highest BCUT2D eigenvalue weighted by Gasteiger charge is 2.21. The fraction of sp³-hybridized carbons (Fsp3) is 0.812. The van der Waals surface area contributed by atoms with Crippen LogP contribution in [0.15, 0.2) is 12.3 Å². The number of aromatic nitrogens is 2. The molecule has 114 valence electrons. The van der Waals surface area contributed by atoms with Gasteiger partial charge in [-0.15, -0.1) is 0 Å². The quantitative estimate of drug-likeness (QED) is 0.833. The molecule has 1 fully saturated rings. The topological polar surface area (TPSA) is 47.3 Å². The Morgan fingerprint density at radius 2 is 2.00 bits per heavy atom. The van der Waals surface area contributed by atoms with E-state index in [1.54, 1.807) is 0 Å². The maximum absolute atomic E-state index is 9.13. The van der Waals surface area contributed by atoms with Crippen molar-refractivity contribution in [3.8, 4) is 0 Å². The van der Waals surface area contributed by atoms with Crippen LogP contribution in [0.5, 0.6) is 0 Å². The van der Waals surface area contributed by atoms with Gasteiger partial charge in [0.2, 0.25) is 0 Å². The fourth-order valence-electron chi connectivity index (χ4n) is 3.00. The number of hydrogen-bond acceptors (Lipinski definition) is 3. The van der Waals surface area contributed by atoms with Gasteiger partial charge in [-0.2, -0.15) is 5.10 Å². The van der Waals surface area contributed by atoms with E-state index < -0.39 is 0 Å². The molecule has 0 bridgehead atoms. The van der Waals surface area contributed by atoms with E-state index in [2.05, 4.69) is 35.9 Å². The zero-order valence-electron chi connectivity index (χ0n) is 12.8. The molecule has 1 saturated carbocycles. The Labute approximate surface area is 122 Å². The molecule has 1 heterocycles. The Morgan fingerprint density at radius 3 is 2.60 bits per heavy atom. The normalized spacial score (nSPS) is 23.4. The van der Waals surface area contributed by atoms with Crippen LogP contribution in [-0.4, -0.2) is 27.6 Å². The first-order valence-corrected chi connectivity index (χ1v) is 8.03. The van der Waals surface area contributed by atoms with E-state index in [4.69, 9.17) is 9.84 Å². The van der Waals surface area contributed by atoms with Crippen LogP contribution in [-0.2, 0) is 11.3 Å². The van der Waals surface area contributed by atoms with Gasteiger partial charge in [0.15, 0.2) is 0 Å². The van der Waals surface area contributed by atoms with Crippen molar-refractivity contribution in [3.05, 3.63) is 18.0 Å². The van der Waals surface area contributed by atoms with Gasteiger partial charge >= 0.3 is 0 Å². The third-order valence-electron chi connectivity index (χ3n) is 4.50. The largest absolute Gasteiger partial charge is 0.396 e. The molecule has 20 heavy (non-hydrogen) atoms. The molecule has 0 aromatic carbocycles.